The Morgan fingerprint density at radius 2 is 1.61 bits per heavy atom. The van der Waals surface area contributed by atoms with Crippen molar-refractivity contribution in [2.45, 2.75) is 0 Å². The summed E-state index contributed by atoms with van der Waals surface area (Å²) < 4.78 is 1.60. The lowest BCUT2D eigenvalue weighted by atomic mass is 9.99. The Morgan fingerprint density at radius 3 is 2.42 bits per heavy atom. The minimum atomic E-state index is -0.165. The van der Waals surface area contributed by atoms with Crippen LogP contribution < -0.4 is 11.5 Å². The van der Waals surface area contributed by atoms with Crippen LogP contribution in [0.5, 0.6) is 0 Å². The van der Waals surface area contributed by atoms with Crippen LogP contribution in [0.1, 0.15) is 4.79 Å². The monoisotopic (exact) mass is 405 g/mol. The molecule has 6 aromatic rings. The lowest BCUT2D eigenvalue weighted by Gasteiger charge is -2.06. The van der Waals surface area contributed by atoms with Gasteiger partial charge in [0.2, 0.25) is 5.91 Å². The Balaban J connectivity index is 1.73. The van der Waals surface area contributed by atoms with Crippen molar-refractivity contribution in [3.05, 3.63) is 72.9 Å². The number of aromatic nitrogens is 3. The molecule has 0 aliphatic rings. The average Bonchev–Trinajstić information content (AvgIpc) is 3.41. The number of hydrogen-bond donors (Lipinski definition) is 3. The van der Waals surface area contributed by atoms with Crippen LogP contribution in [-0.4, -0.2) is 27.0 Å². The SMILES string of the molecule is NCC(=O)n1cc(-c2nc3c4cc(N)ccc4c4ccccc4c3[nH]2)c2ccccc21. The number of nitrogens with two attached hydrogens (primary N) is 2. The number of benzene rings is 4. The van der Waals surface area contributed by atoms with Crippen molar-refractivity contribution in [3.8, 4) is 11.4 Å². The van der Waals surface area contributed by atoms with E-state index in [9.17, 15) is 4.79 Å². The molecule has 2 heterocycles. The van der Waals surface area contributed by atoms with Crippen molar-refractivity contribution in [1.82, 2.24) is 14.5 Å². The fourth-order valence-corrected chi connectivity index (χ4v) is 4.49. The van der Waals surface area contributed by atoms with Gasteiger partial charge in [-0.25, -0.2) is 4.98 Å². The lowest BCUT2D eigenvalue weighted by molar-refractivity contribution is 0.0929. The van der Waals surface area contributed by atoms with Gasteiger partial charge in [-0.2, -0.15) is 0 Å². The number of rotatable bonds is 2. The number of anilines is 1. The fourth-order valence-electron chi connectivity index (χ4n) is 4.49. The van der Waals surface area contributed by atoms with Crippen molar-refractivity contribution in [3.63, 3.8) is 0 Å². The smallest absolute Gasteiger partial charge is 0.244 e. The summed E-state index contributed by atoms with van der Waals surface area (Å²) in [6, 6.07) is 22.0. The number of fused-ring (bicyclic) bond motifs is 7. The number of carbonyl (C=O) groups excluding carboxylic acids is 1. The van der Waals surface area contributed by atoms with Gasteiger partial charge in [0.25, 0.3) is 0 Å². The number of carbonyl (C=O) groups is 1. The normalized spacial score (nSPS) is 11.8. The maximum Gasteiger partial charge on any atom is 0.244 e. The van der Waals surface area contributed by atoms with Crippen LogP contribution in [-0.2, 0) is 0 Å². The lowest BCUT2D eigenvalue weighted by Crippen LogP contribution is -2.20. The molecule has 0 saturated carbocycles. The summed E-state index contributed by atoms with van der Waals surface area (Å²) in [6.07, 6.45) is 1.82. The van der Waals surface area contributed by atoms with Crippen LogP contribution >= 0.6 is 0 Å². The van der Waals surface area contributed by atoms with Crippen molar-refractivity contribution < 1.29 is 4.79 Å². The zero-order chi connectivity index (χ0) is 21.1. The summed E-state index contributed by atoms with van der Waals surface area (Å²) in [6.45, 7) is -0.0627. The van der Waals surface area contributed by atoms with E-state index in [-0.39, 0.29) is 12.5 Å². The molecular formula is C25H19N5O. The molecule has 150 valence electrons. The Morgan fingerprint density at radius 1 is 0.903 bits per heavy atom. The molecule has 0 radical (unpaired) electrons. The van der Waals surface area contributed by atoms with Crippen LogP contribution in [0, 0.1) is 0 Å². The highest BCUT2D eigenvalue weighted by atomic mass is 16.2. The zero-order valence-corrected chi connectivity index (χ0v) is 16.6. The first kappa shape index (κ1) is 17.7. The standard InChI is InChI=1S/C25H19N5O/c26-12-22(31)30-13-20(17-6-3-4-8-21(17)30)25-28-23-18-7-2-1-5-15(18)16-10-9-14(27)11-19(16)24(23)29-25/h1-11,13H,12,26-27H2,(H,28,29). The highest BCUT2D eigenvalue weighted by Gasteiger charge is 2.18. The van der Waals surface area contributed by atoms with Gasteiger partial charge in [-0.3, -0.25) is 9.36 Å². The van der Waals surface area contributed by atoms with Crippen LogP contribution in [0.2, 0.25) is 0 Å². The number of hydrogen-bond acceptors (Lipinski definition) is 4. The number of nitrogens with one attached hydrogen (secondary N) is 1. The molecule has 0 aliphatic heterocycles. The van der Waals surface area contributed by atoms with Crippen LogP contribution in [0.3, 0.4) is 0 Å². The molecule has 4 aromatic carbocycles. The summed E-state index contributed by atoms with van der Waals surface area (Å²) >= 11 is 0. The number of nitrogen functional groups attached to an aromatic ring is 1. The molecular weight excluding hydrogens is 386 g/mol. The largest absolute Gasteiger partial charge is 0.399 e. The number of aromatic amines is 1. The molecule has 0 fully saturated rings. The molecule has 0 spiro atoms. The van der Waals surface area contributed by atoms with Crippen molar-refractivity contribution in [1.29, 1.82) is 0 Å². The molecule has 0 atom stereocenters. The van der Waals surface area contributed by atoms with Gasteiger partial charge in [-0.15, -0.1) is 0 Å². The van der Waals surface area contributed by atoms with Gasteiger partial charge in [-0.1, -0.05) is 48.5 Å². The zero-order valence-electron chi connectivity index (χ0n) is 16.6. The van der Waals surface area contributed by atoms with Gasteiger partial charge in [0.05, 0.1) is 23.1 Å². The first-order valence-electron chi connectivity index (χ1n) is 10.1. The first-order chi connectivity index (χ1) is 15.2. The maximum absolute atomic E-state index is 12.4. The van der Waals surface area contributed by atoms with Crippen LogP contribution in [0.25, 0.3) is 54.9 Å². The number of para-hydroxylation sites is 1. The topological polar surface area (TPSA) is 103 Å². The Hall–Kier alpha value is -4.16. The second kappa shape index (κ2) is 6.42. The van der Waals surface area contributed by atoms with Gasteiger partial charge in [-0.05, 0) is 29.0 Å². The highest BCUT2D eigenvalue weighted by Crippen LogP contribution is 2.37. The molecule has 2 aromatic heterocycles. The molecule has 0 saturated heterocycles. The van der Waals surface area contributed by atoms with Crippen molar-refractivity contribution in [2.75, 3.05) is 12.3 Å². The van der Waals surface area contributed by atoms with E-state index in [0.29, 0.717) is 11.5 Å². The second-order valence-corrected chi connectivity index (χ2v) is 7.69. The van der Waals surface area contributed by atoms with Gasteiger partial charge in [0, 0.05) is 33.6 Å². The molecule has 31 heavy (non-hydrogen) atoms. The van der Waals surface area contributed by atoms with E-state index >= 15 is 0 Å². The summed E-state index contributed by atoms with van der Waals surface area (Å²) in [4.78, 5) is 20.9. The number of nitrogens with zero attached hydrogens (tertiary/aromatic N) is 2. The Kier molecular flexibility index (Phi) is 3.66. The molecule has 6 heteroatoms. The minimum absolute atomic E-state index is 0.0627. The summed E-state index contributed by atoms with van der Waals surface area (Å²) in [5.41, 5.74) is 15.9. The van der Waals surface area contributed by atoms with Crippen molar-refractivity contribution in [2.24, 2.45) is 5.73 Å². The van der Waals surface area contributed by atoms with E-state index in [4.69, 9.17) is 16.5 Å². The molecule has 0 amide bonds. The third-order valence-electron chi connectivity index (χ3n) is 5.90. The van der Waals surface area contributed by atoms with Crippen LogP contribution in [0.15, 0.2) is 72.9 Å². The van der Waals surface area contributed by atoms with E-state index in [1.54, 1.807) is 4.57 Å². The van der Waals surface area contributed by atoms with Gasteiger partial charge >= 0.3 is 0 Å². The third-order valence-corrected chi connectivity index (χ3v) is 5.90. The predicted molar refractivity (Wildman–Crippen MR) is 126 cm³/mol. The van der Waals surface area contributed by atoms with Crippen LogP contribution in [0.4, 0.5) is 5.69 Å². The van der Waals surface area contributed by atoms with Gasteiger partial charge < -0.3 is 16.5 Å². The Labute approximate surface area is 177 Å². The van der Waals surface area contributed by atoms with Gasteiger partial charge in [0.1, 0.15) is 5.82 Å². The summed E-state index contributed by atoms with van der Waals surface area (Å²) in [7, 11) is 0. The molecule has 0 aliphatic carbocycles. The van der Waals surface area contributed by atoms with E-state index in [1.165, 1.54) is 0 Å². The first-order valence-corrected chi connectivity index (χ1v) is 10.1. The average molecular weight is 405 g/mol. The van der Waals surface area contributed by atoms with Crippen molar-refractivity contribution >= 4 is 55.1 Å². The molecule has 0 unspecified atom stereocenters. The number of imidazole rings is 1. The third kappa shape index (κ3) is 2.49. The summed E-state index contributed by atoms with van der Waals surface area (Å²) in [5.74, 6) is 0.539. The number of H-pyrrole nitrogens is 1. The quantitative estimate of drug-likeness (QED) is 0.288. The van der Waals surface area contributed by atoms with E-state index in [2.05, 4.69) is 17.1 Å². The predicted octanol–water partition coefficient (Wildman–Crippen LogP) is 4.67. The Bertz CT molecular complexity index is 1660. The maximum atomic E-state index is 12.4. The summed E-state index contributed by atoms with van der Waals surface area (Å²) in [5, 5.41) is 5.28. The van der Waals surface area contributed by atoms with E-state index < -0.39 is 0 Å². The molecule has 5 N–H and O–H groups in total. The molecule has 0 bridgehead atoms. The minimum Gasteiger partial charge on any atom is -0.399 e. The second-order valence-electron chi connectivity index (χ2n) is 7.69. The fraction of sp³-hybridized carbons (Fsp3) is 0.0400. The van der Waals surface area contributed by atoms with E-state index in [1.807, 2.05) is 60.8 Å². The van der Waals surface area contributed by atoms with E-state index in [0.717, 1.165) is 49.0 Å². The molecule has 6 nitrogen and oxygen atoms in total. The molecule has 6 rings (SSSR count). The highest BCUT2D eigenvalue weighted by molar-refractivity contribution is 6.24. The van der Waals surface area contributed by atoms with Gasteiger partial charge in [0.15, 0.2) is 0 Å².